The Morgan fingerprint density at radius 2 is 1.94 bits per heavy atom. The Labute approximate surface area is 179 Å². The fourth-order valence-corrected chi connectivity index (χ4v) is 3.68. The Balaban J connectivity index is 1.70. The first-order valence-corrected chi connectivity index (χ1v) is 10.1. The smallest absolute Gasteiger partial charge is 0.330 e. The Hall–Kier alpha value is -3.42. The van der Waals surface area contributed by atoms with Gasteiger partial charge in [0.15, 0.2) is 5.78 Å². The first kappa shape index (κ1) is 22.3. The number of nitrogen functional groups attached to an aromatic ring is 1. The Bertz CT molecular complexity index is 1080. The average molecular weight is 426 g/mol. The summed E-state index contributed by atoms with van der Waals surface area (Å²) < 4.78 is 6.11. The van der Waals surface area contributed by atoms with Crippen molar-refractivity contribution >= 4 is 17.3 Å². The number of carbonyl (C=O) groups excluding carboxylic acids is 1. The van der Waals surface area contributed by atoms with Crippen LogP contribution in [0.2, 0.25) is 0 Å². The molecule has 1 aliphatic rings. The highest BCUT2D eigenvalue weighted by atomic mass is 16.5. The van der Waals surface area contributed by atoms with E-state index in [-0.39, 0.29) is 31.1 Å². The number of H-pyrrole nitrogens is 1. The molecule has 0 saturated carbocycles. The van der Waals surface area contributed by atoms with E-state index in [0.717, 1.165) is 23.2 Å². The van der Waals surface area contributed by atoms with Gasteiger partial charge in [-0.25, -0.2) is 4.79 Å². The van der Waals surface area contributed by atoms with Crippen molar-refractivity contribution in [1.82, 2.24) is 14.5 Å². The van der Waals surface area contributed by atoms with Crippen LogP contribution >= 0.6 is 0 Å². The molecule has 0 amide bonds. The van der Waals surface area contributed by atoms with Gasteiger partial charge in [0, 0.05) is 39.0 Å². The van der Waals surface area contributed by atoms with Crippen molar-refractivity contribution in [2.75, 3.05) is 57.1 Å². The van der Waals surface area contributed by atoms with Gasteiger partial charge in [-0.3, -0.25) is 24.0 Å². The molecule has 0 atom stereocenters. The van der Waals surface area contributed by atoms with Gasteiger partial charge in [-0.15, -0.1) is 0 Å². The number of benzene rings is 1. The van der Waals surface area contributed by atoms with Gasteiger partial charge in [-0.1, -0.05) is 0 Å². The summed E-state index contributed by atoms with van der Waals surface area (Å²) in [5.41, 5.74) is 6.02. The number of hydrogen-bond acceptors (Lipinski definition) is 8. The van der Waals surface area contributed by atoms with Gasteiger partial charge in [-0.05, 0) is 30.7 Å². The van der Waals surface area contributed by atoms with Crippen LogP contribution in [0.5, 0.6) is 0 Å². The summed E-state index contributed by atoms with van der Waals surface area (Å²) in [4.78, 5) is 43.5. The maximum Gasteiger partial charge on any atom is 0.330 e. The summed E-state index contributed by atoms with van der Waals surface area (Å²) in [6.45, 7) is 3.26. The summed E-state index contributed by atoms with van der Waals surface area (Å²) >= 11 is 0. The van der Waals surface area contributed by atoms with Gasteiger partial charge < -0.3 is 15.4 Å². The number of aromatic nitrogens is 2. The molecule has 1 fully saturated rings. The van der Waals surface area contributed by atoms with Gasteiger partial charge in [-0.2, -0.15) is 5.26 Å². The van der Waals surface area contributed by atoms with Crippen LogP contribution in [0.15, 0.2) is 33.9 Å². The lowest BCUT2D eigenvalue weighted by atomic mass is 10.1. The normalized spacial score (nSPS) is 14.8. The maximum absolute atomic E-state index is 12.9. The molecule has 10 nitrogen and oxygen atoms in total. The molecule has 3 N–H and O–H groups in total. The second-order valence-electron chi connectivity index (χ2n) is 7.36. The highest BCUT2D eigenvalue weighted by Crippen LogP contribution is 2.17. The highest BCUT2D eigenvalue weighted by Gasteiger charge is 2.23. The molecule has 0 aliphatic carbocycles. The number of ketones is 1. The third-order valence-electron chi connectivity index (χ3n) is 5.35. The number of ether oxygens (including phenoxy) is 1. The van der Waals surface area contributed by atoms with E-state index in [1.54, 1.807) is 12.1 Å². The number of rotatable bonds is 7. The van der Waals surface area contributed by atoms with E-state index in [4.69, 9.17) is 15.7 Å². The fraction of sp³-hybridized carbons (Fsp3) is 0.429. The van der Waals surface area contributed by atoms with Crippen LogP contribution in [0, 0.1) is 11.3 Å². The summed E-state index contributed by atoms with van der Waals surface area (Å²) in [5, 5.41) is 8.95. The van der Waals surface area contributed by atoms with Crippen molar-refractivity contribution in [2.45, 2.75) is 13.0 Å². The molecule has 2 aromatic rings. The zero-order valence-electron chi connectivity index (χ0n) is 17.5. The van der Waals surface area contributed by atoms with Gasteiger partial charge in [0.2, 0.25) is 0 Å². The standard InChI is InChI=1S/C21H26N6O4/c1-31-12-11-27-19(23)18(20(29)24-21(27)30)17(28)14-25-7-2-8-26(10-9-25)16-5-3-15(13-22)4-6-16/h3-6H,2,7-12,14,23H2,1H3,(H,24,29,30). The zero-order valence-corrected chi connectivity index (χ0v) is 17.5. The molecule has 1 saturated heterocycles. The lowest BCUT2D eigenvalue weighted by molar-refractivity contribution is 0.0933. The van der Waals surface area contributed by atoms with E-state index >= 15 is 0 Å². The summed E-state index contributed by atoms with van der Waals surface area (Å²) in [6.07, 6.45) is 0.840. The van der Waals surface area contributed by atoms with Crippen molar-refractivity contribution in [3.8, 4) is 6.07 Å². The molecular weight excluding hydrogens is 400 g/mol. The quantitative estimate of drug-likeness (QED) is 0.592. The van der Waals surface area contributed by atoms with Crippen molar-refractivity contribution in [1.29, 1.82) is 5.26 Å². The second kappa shape index (κ2) is 10.1. The van der Waals surface area contributed by atoms with Gasteiger partial charge in [0.05, 0.1) is 31.3 Å². The minimum absolute atomic E-state index is 0.0387. The van der Waals surface area contributed by atoms with E-state index in [1.165, 1.54) is 7.11 Å². The number of nitriles is 1. The van der Waals surface area contributed by atoms with E-state index < -0.39 is 17.0 Å². The number of nitrogens with two attached hydrogens (primary N) is 1. The van der Waals surface area contributed by atoms with Gasteiger partial charge in [0.25, 0.3) is 5.56 Å². The number of methoxy groups -OCH3 is 1. The molecule has 3 rings (SSSR count). The number of nitrogens with zero attached hydrogens (tertiary/aromatic N) is 4. The predicted molar refractivity (Wildman–Crippen MR) is 116 cm³/mol. The van der Waals surface area contributed by atoms with Crippen molar-refractivity contribution in [3.63, 3.8) is 0 Å². The zero-order chi connectivity index (χ0) is 22.4. The van der Waals surface area contributed by atoms with Crippen molar-refractivity contribution in [2.24, 2.45) is 0 Å². The first-order chi connectivity index (χ1) is 14.9. The number of nitrogens with one attached hydrogen (secondary N) is 1. The first-order valence-electron chi connectivity index (χ1n) is 10.1. The molecule has 0 radical (unpaired) electrons. The number of aromatic amines is 1. The van der Waals surface area contributed by atoms with Crippen molar-refractivity contribution in [3.05, 3.63) is 56.2 Å². The summed E-state index contributed by atoms with van der Waals surface area (Å²) in [7, 11) is 1.49. The number of Topliss-reactive ketones (excluding diaryl/α,β-unsaturated/α-hetero) is 1. The molecule has 1 aliphatic heterocycles. The van der Waals surface area contributed by atoms with Crippen LogP contribution < -0.4 is 21.9 Å². The molecule has 10 heteroatoms. The molecule has 1 aromatic heterocycles. The monoisotopic (exact) mass is 426 g/mol. The third-order valence-corrected chi connectivity index (χ3v) is 5.35. The minimum atomic E-state index is -0.768. The Morgan fingerprint density at radius 3 is 2.61 bits per heavy atom. The number of hydrogen-bond donors (Lipinski definition) is 2. The maximum atomic E-state index is 12.9. The fourth-order valence-electron chi connectivity index (χ4n) is 3.68. The summed E-state index contributed by atoms with van der Waals surface area (Å²) in [5.74, 6) is -0.554. The van der Waals surface area contributed by atoms with Crippen LogP contribution in [-0.4, -0.2) is 66.7 Å². The van der Waals surface area contributed by atoms with E-state index in [9.17, 15) is 14.4 Å². The van der Waals surface area contributed by atoms with Crippen molar-refractivity contribution < 1.29 is 9.53 Å². The molecule has 0 bridgehead atoms. The number of carbonyl (C=O) groups is 1. The molecule has 0 unspecified atom stereocenters. The Kier molecular flexibility index (Phi) is 7.23. The minimum Gasteiger partial charge on any atom is -0.384 e. The van der Waals surface area contributed by atoms with Crippen LogP contribution in [0.4, 0.5) is 11.5 Å². The molecule has 31 heavy (non-hydrogen) atoms. The molecule has 2 heterocycles. The second-order valence-corrected chi connectivity index (χ2v) is 7.36. The molecule has 164 valence electrons. The lowest BCUT2D eigenvalue weighted by Gasteiger charge is -2.23. The predicted octanol–water partition coefficient (Wildman–Crippen LogP) is 0.0319. The number of anilines is 2. The van der Waals surface area contributed by atoms with E-state index in [1.807, 2.05) is 17.0 Å². The van der Waals surface area contributed by atoms with Crippen LogP contribution in [0.3, 0.4) is 0 Å². The highest BCUT2D eigenvalue weighted by molar-refractivity contribution is 6.01. The Morgan fingerprint density at radius 1 is 1.19 bits per heavy atom. The largest absolute Gasteiger partial charge is 0.384 e. The average Bonchev–Trinajstić information content (AvgIpc) is 2.99. The van der Waals surface area contributed by atoms with Gasteiger partial charge >= 0.3 is 5.69 Å². The SMILES string of the molecule is COCCn1c(N)c(C(=O)CN2CCCN(c3ccc(C#N)cc3)CC2)c(=O)[nH]c1=O. The van der Waals surface area contributed by atoms with E-state index in [0.29, 0.717) is 25.2 Å². The molecule has 0 spiro atoms. The van der Waals surface area contributed by atoms with Crippen LogP contribution in [0.1, 0.15) is 22.3 Å². The third kappa shape index (κ3) is 5.20. The van der Waals surface area contributed by atoms with E-state index in [2.05, 4.69) is 16.0 Å². The van der Waals surface area contributed by atoms with Gasteiger partial charge in [0.1, 0.15) is 11.4 Å². The lowest BCUT2D eigenvalue weighted by Crippen LogP contribution is -2.40. The molecular formula is C21H26N6O4. The van der Waals surface area contributed by atoms with Crippen LogP contribution in [0.25, 0.3) is 0 Å². The molecule has 1 aromatic carbocycles. The topological polar surface area (TPSA) is 137 Å². The van der Waals surface area contributed by atoms with Crippen LogP contribution in [-0.2, 0) is 11.3 Å². The summed E-state index contributed by atoms with van der Waals surface area (Å²) in [6, 6.07) is 9.52.